The number of H-pyrrole nitrogens is 1. The van der Waals surface area contributed by atoms with Crippen molar-refractivity contribution in [3.05, 3.63) is 71.3 Å². The van der Waals surface area contributed by atoms with E-state index in [0.717, 1.165) is 22.1 Å². The molecule has 0 atom stereocenters. The van der Waals surface area contributed by atoms with Crippen molar-refractivity contribution in [3.8, 4) is 5.69 Å². The number of rotatable bonds is 1. The van der Waals surface area contributed by atoms with Gasteiger partial charge < -0.3 is 4.98 Å². The van der Waals surface area contributed by atoms with E-state index in [1.165, 1.54) is 0 Å². The second-order valence-electron chi connectivity index (χ2n) is 4.65. The van der Waals surface area contributed by atoms with Gasteiger partial charge in [-0.05, 0) is 18.2 Å². The molecule has 4 nitrogen and oxygen atoms in total. The van der Waals surface area contributed by atoms with Gasteiger partial charge >= 0.3 is 0 Å². The molecule has 4 aromatic rings. The number of nitrogens with one attached hydrogen (secondary N) is 1. The highest BCUT2D eigenvalue weighted by Gasteiger charge is 2.10. The molecule has 20 heavy (non-hydrogen) atoms. The van der Waals surface area contributed by atoms with Gasteiger partial charge in [0.25, 0.3) is 5.56 Å². The largest absolute Gasteiger partial charge is 0.349 e. The molecule has 2 aromatic heterocycles. The number of hydrogen-bond acceptors (Lipinski definition) is 2. The molecular formula is C16H11N3O. The van der Waals surface area contributed by atoms with E-state index in [9.17, 15) is 4.79 Å². The predicted molar refractivity (Wildman–Crippen MR) is 79.2 cm³/mol. The minimum absolute atomic E-state index is 0.0857. The summed E-state index contributed by atoms with van der Waals surface area (Å²) in [5.74, 6) is 0. The molecule has 0 unspecified atom stereocenters. The zero-order chi connectivity index (χ0) is 13.5. The van der Waals surface area contributed by atoms with Gasteiger partial charge in [-0.25, -0.2) is 4.98 Å². The normalized spacial score (nSPS) is 11.2. The maximum absolute atomic E-state index is 12.6. The fourth-order valence-electron chi connectivity index (χ4n) is 2.48. The Hall–Kier alpha value is -2.88. The van der Waals surface area contributed by atoms with Crippen LogP contribution in [0.2, 0.25) is 0 Å². The third-order valence-corrected chi connectivity index (χ3v) is 3.45. The maximum atomic E-state index is 12.6. The molecule has 0 radical (unpaired) electrons. The number of benzene rings is 2. The summed E-state index contributed by atoms with van der Waals surface area (Å²) in [7, 11) is 0. The van der Waals surface area contributed by atoms with Gasteiger partial charge in [0.05, 0.1) is 5.69 Å². The van der Waals surface area contributed by atoms with Gasteiger partial charge in [0.1, 0.15) is 17.4 Å². The summed E-state index contributed by atoms with van der Waals surface area (Å²) >= 11 is 0. The van der Waals surface area contributed by atoms with Gasteiger partial charge in [-0.2, -0.15) is 0 Å². The fourth-order valence-corrected chi connectivity index (χ4v) is 2.48. The minimum atomic E-state index is -0.0857. The monoisotopic (exact) mass is 261 g/mol. The van der Waals surface area contributed by atoms with E-state index in [2.05, 4.69) is 9.97 Å². The molecule has 0 bridgehead atoms. The van der Waals surface area contributed by atoms with Crippen LogP contribution in [0.3, 0.4) is 0 Å². The molecule has 4 heteroatoms. The Labute approximate surface area is 114 Å². The molecule has 0 fully saturated rings. The quantitative estimate of drug-likeness (QED) is 0.572. The topological polar surface area (TPSA) is 50.7 Å². The summed E-state index contributed by atoms with van der Waals surface area (Å²) in [6, 6.07) is 17.3. The van der Waals surface area contributed by atoms with Crippen molar-refractivity contribution < 1.29 is 0 Å². The van der Waals surface area contributed by atoms with Gasteiger partial charge in [-0.1, -0.05) is 36.4 Å². The highest BCUT2D eigenvalue weighted by atomic mass is 16.1. The standard InChI is InChI=1S/C16H11N3O/c20-16-15-14(12-8-4-5-9-13(12)18-15)17-10-19(16)11-6-2-1-3-7-11/h1-10,18H. The first-order chi connectivity index (χ1) is 9.84. The van der Waals surface area contributed by atoms with Crippen molar-refractivity contribution in [2.45, 2.75) is 0 Å². The molecule has 2 aromatic carbocycles. The Balaban J connectivity index is 2.10. The lowest BCUT2D eigenvalue weighted by atomic mass is 10.2. The molecule has 0 spiro atoms. The zero-order valence-electron chi connectivity index (χ0n) is 10.6. The second-order valence-corrected chi connectivity index (χ2v) is 4.65. The summed E-state index contributed by atoms with van der Waals surface area (Å²) in [6.45, 7) is 0. The molecule has 2 heterocycles. The number of fused-ring (bicyclic) bond motifs is 3. The maximum Gasteiger partial charge on any atom is 0.282 e. The van der Waals surface area contributed by atoms with Crippen LogP contribution in [0.4, 0.5) is 0 Å². The summed E-state index contributed by atoms with van der Waals surface area (Å²) < 4.78 is 1.55. The van der Waals surface area contributed by atoms with Crippen LogP contribution in [-0.2, 0) is 0 Å². The Bertz CT molecular complexity index is 967. The van der Waals surface area contributed by atoms with Crippen LogP contribution in [-0.4, -0.2) is 14.5 Å². The molecule has 0 saturated carbocycles. The third kappa shape index (κ3) is 1.48. The number of aromatic nitrogens is 3. The zero-order valence-corrected chi connectivity index (χ0v) is 10.6. The smallest absolute Gasteiger partial charge is 0.282 e. The van der Waals surface area contributed by atoms with Crippen LogP contribution >= 0.6 is 0 Å². The Morgan fingerprint density at radius 3 is 2.55 bits per heavy atom. The van der Waals surface area contributed by atoms with Crippen LogP contribution < -0.4 is 5.56 Å². The Kier molecular flexibility index (Phi) is 2.23. The lowest BCUT2D eigenvalue weighted by Crippen LogP contribution is -2.18. The van der Waals surface area contributed by atoms with Crippen LogP contribution in [0.5, 0.6) is 0 Å². The van der Waals surface area contributed by atoms with E-state index in [1.807, 2.05) is 54.6 Å². The van der Waals surface area contributed by atoms with Crippen LogP contribution in [0.15, 0.2) is 65.7 Å². The molecule has 0 aliphatic heterocycles. The van der Waals surface area contributed by atoms with Crippen LogP contribution in [0.25, 0.3) is 27.6 Å². The first kappa shape index (κ1) is 11.0. The third-order valence-electron chi connectivity index (χ3n) is 3.45. The van der Waals surface area contributed by atoms with Gasteiger partial charge in [0, 0.05) is 10.9 Å². The first-order valence-corrected chi connectivity index (χ1v) is 6.38. The molecule has 4 rings (SSSR count). The van der Waals surface area contributed by atoms with Gasteiger partial charge in [0.15, 0.2) is 0 Å². The van der Waals surface area contributed by atoms with Crippen LogP contribution in [0.1, 0.15) is 0 Å². The van der Waals surface area contributed by atoms with E-state index in [4.69, 9.17) is 0 Å². The van der Waals surface area contributed by atoms with Gasteiger partial charge in [-0.3, -0.25) is 9.36 Å². The van der Waals surface area contributed by atoms with Crippen molar-refractivity contribution in [1.82, 2.24) is 14.5 Å². The van der Waals surface area contributed by atoms with E-state index in [-0.39, 0.29) is 5.56 Å². The summed E-state index contributed by atoms with van der Waals surface area (Å²) in [5.41, 5.74) is 2.91. The fraction of sp³-hybridized carbons (Fsp3) is 0. The minimum Gasteiger partial charge on any atom is -0.349 e. The van der Waals surface area contributed by atoms with Gasteiger partial charge in [-0.15, -0.1) is 0 Å². The molecule has 96 valence electrons. The Morgan fingerprint density at radius 2 is 1.70 bits per heavy atom. The Morgan fingerprint density at radius 1 is 0.950 bits per heavy atom. The first-order valence-electron chi connectivity index (χ1n) is 6.38. The lowest BCUT2D eigenvalue weighted by Gasteiger charge is -2.04. The average molecular weight is 261 g/mol. The summed E-state index contributed by atoms with van der Waals surface area (Å²) in [4.78, 5) is 20.2. The summed E-state index contributed by atoms with van der Waals surface area (Å²) in [6.07, 6.45) is 1.58. The molecule has 0 aliphatic carbocycles. The average Bonchev–Trinajstić information content (AvgIpc) is 2.88. The van der Waals surface area contributed by atoms with Crippen molar-refractivity contribution in [2.75, 3.05) is 0 Å². The molecule has 0 aliphatic rings. The van der Waals surface area contributed by atoms with Crippen molar-refractivity contribution in [2.24, 2.45) is 0 Å². The highest BCUT2D eigenvalue weighted by Crippen LogP contribution is 2.20. The van der Waals surface area contributed by atoms with Crippen LogP contribution in [0, 0.1) is 0 Å². The number of aromatic amines is 1. The number of hydrogen-bond donors (Lipinski definition) is 1. The number of para-hydroxylation sites is 2. The molecular weight excluding hydrogens is 250 g/mol. The lowest BCUT2D eigenvalue weighted by molar-refractivity contribution is 0.960. The van der Waals surface area contributed by atoms with E-state index < -0.39 is 0 Å². The van der Waals surface area contributed by atoms with Crippen molar-refractivity contribution >= 4 is 21.9 Å². The molecule has 0 amide bonds. The van der Waals surface area contributed by atoms with Crippen molar-refractivity contribution in [1.29, 1.82) is 0 Å². The summed E-state index contributed by atoms with van der Waals surface area (Å²) in [5, 5.41) is 0.972. The SMILES string of the molecule is O=c1c2[nH]c3ccccc3c2ncn1-c1ccccc1. The van der Waals surface area contributed by atoms with E-state index >= 15 is 0 Å². The van der Waals surface area contributed by atoms with Crippen molar-refractivity contribution in [3.63, 3.8) is 0 Å². The van der Waals surface area contributed by atoms with E-state index in [0.29, 0.717) is 5.52 Å². The highest BCUT2D eigenvalue weighted by molar-refractivity contribution is 6.04. The predicted octanol–water partition coefficient (Wildman–Crippen LogP) is 2.87. The molecule has 0 saturated heterocycles. The number of nitrogens with zero attached hydrogens (tertiary/aromatic N) is 2. The second kappa shape index (κ2) is 4.06. The molecule has 1 N–H and O–H groups in total. The van der Waals surface area contributed by atoms with E-state index in [1.54, 1.807) is 10.9 Å². The van der Waals surface area contributed by atoms with Gasteiger partial charge in [0.2, 0.25) is 0 Å².